The minimum absolute atomic E-state index is 0.0870. The molecular formula is C41H55F2N5O6S. The van der Waals surface area contributed by atoms with E-state index in [1.165, 1.54) is 13.2 Å². The van der Waals surface area contributed by atoms with Gasteiger partial charge in [-0.2, -0.15) is 0 Å². The maximum atomic E-state index is 16.3. The number of carbonyl (C=O) groups excluding carboxylic acids is 2. The highest BCUT2D eigenvalue weighted by Crippen LogP contribution is 2.54. The number of nitrogens with one attached hydrogen (secondary N) is 1. The molecule has 2 N–H and O–H groups in total. The zero-order chi connectivity index (χ0) is 38.6. The molecule has 3 atom stereocenters. The molecule has 2 saturated carbocycles. The summed E-state index contributed by atoms with van der Waals surface area (Å²) in [4.78, 5) is 33.5. The van der Waals surface area contributed by atoms with Gasteiger partial charge >= 0.3 is 6.09 Å². The van der Waals surface area contributed by atoms with E-state index in [0.717, 1.165) is 76.0 Å². The number of likely N-dealkylation sites (tertiary alicyclic amines) is 3. The average molecular weight is 784 g/mol. The molecule has 4 aliphatic heterocycles. The van der Waals surface area contributed by atoms with Crippen molar-refractivity contribution in [1.29, 1.82) is 0 Å². The summed E-state index contributed by atoms with van der Waals surface area (Å²) in [6, 6.07) is 13.7. The van der Waals surface area contributed by atoms with E-state index in [-0.39, 0.29) is 47.6 Å². The van der Waals surface area contributed by atoms with Gasteiger partial charge in [-0.1, -0.05) is 18.6 Å². The normalized spacial score (nSPS) is 27.1. The Labute approximate surface area is 323 Å². The summed E-state index contributed by atoms with van der Waals surface area (Å²) >= 11 is 0. The van der Waals surface area contributed by atoms with Gasteiger partial charge in [0.2, 0.25) is 0 Å². The van der Waals surface area contributed by atoms with E-state index in [1.54, 1.807) is 41.3 Å². The van der Waals surface area contributed by atoms with Crippen molar-refractivity contribution >= 4 is 27.5 Å². The number of aliphatic hydroxyl groups is 1. The van der Waals surface area contributed by atoms with Crippen LogP contribution in [0.5, 0.6) is 0 Å². The first-order valence-corrected chi connectivity index (χ1v) is 21.8. The van der Waals surface area contributed by atoms with Crippen LogP contribution in [0.1, 0.15) is 69.8 Å². The average Bonchev–Trinajstić information content (AvgIpc) is 3.75. The molecule has 55 heavy (non-hydrogen) atoms. The Morgan fingerprint density at radius 1 is 0.927 bits per heavy atom. The Hall–Kier alpha value is -3.33. The fraction of sp³-hybridized carbons (Fsp3) is 0.659. The van der Waals surface area contributed by atoms with Crippen LogP contribution in [0, 0.1) is 17.7 Å². The van der Waals surface area contributed by atoms with Gasteiger partial charge in [0.15, 0.2) is 15.5 Å². The zero-order valence-corrected chi connectivity index (χ0v) is 32.6. The van der Waals surface area contributed by atoms with Crippen LogP contribution in [0.2, 0.25) is 0 Å². The van der Waals surface area contributed by atoms with Gasteiger partial charge in [0.05, 0.1) is 35.9 Å². The quantitative estimate of drug-likeness (QED) is 0.340. The molecule has 4 saturated heterocycles. The van der Waals surface area contributed by atoms with Crippen molar-refractivity contribution in [3.63, 3.8) is 0 Å². The highest BCUT2D eigenvalue weighted by molar-refractivity contribution is 7.92. The lowest BCUT2D eigenvalue weighted by atomic mass is 9.62. The maximum Gasteiger partial charge on any atom is 0.407 e. The van der Waals surface area contributed by atoms with E-state index in [4.69, 9.17) is 4.74 Å². The number of hydrogen-bond donors (Lipinski definition) is 2. The van der Waals surface area contributed by atoms with E-state index < -0.39 is 38.0 Å². The molecule has 0 spiro atoms. The smallest absolute Gasteiger partial charge is 0.407 e. The summed E-state index contributed by atoms with van der Waals surface area (Å²) in [5.41, 5.74) is -1.34. The van der Waals surface area contributed by atoms with Crippen LogP contribution in [-0.4, -0.2) is 129 Å². The maximum absolute atomic E-state index is 16.3. The number of alkyl carbamates (subject to hydrolysis) is 1. The van der Waals surface area contributed by atoms with Crippen LogP contribution in [0.15, 0.2) is 53.4 Å². The lowest BCUT2D eigenvalue weighted by Crippen LogP contribution is -2.66. The minimum Gasteiger partial charge on any atom is -0.453 e. The number of alkyl halides is 1. The second-order valence-corrected chi connectivity index (χ2v) is 19.3. The third kappa shape index (κ3) is 7.25. The Morgan fingerprint density at radius 2 is 1.62 bits per heavy atom. The lowest BCUT2D eigenvalue weighted by Gasteiger charge is -2.59. The Balaban J connectivity index is 0.889. The molecule has 1 unspecified atom stereocenters. The van der Waals surface area contributed by atoms with Crippen LogP contribution in [0.4, 0.5) is 19.3 Å². The van der Waals surface area contributed by atoms with Crippen molar-refractivity contribution < 1.29 is 36.6 Å². The number of amides is 2. The van der Waals surface area contributed by atoms with Crippen molar-refractivity contribution in [3.8, 4) is 0 Å². The number of sulfone groups is 1. The number of carbonyl (C=O) groups is 2. The molecule has 0 bridgehead atoms. The molecule has 0 aromatic heterocycles. The van der Waals surface area contributed by atoms with Crippen molar-refractivity contribution in [1.82, 2.24) is 20.0 Å². The van der Waals surface area contributed by atoms with Crippen LogP contribution in [0.3, 0.4) is 0 Å². The lowest BCUT2D eigenvalue weighted by molar-refractivity contribution is -0.143. The van der Waals surface area contributed by atoms with E-state index >= 15 is 4.39 Å². The first-order chi connectivity index (χ1) is 26.3. The number of ether oxygens (including phenoxy) is 1. The summed E-state index contributed by atoms with van der Waals surface area (Å²) < 4.78 is 63.2. The number of piperidine rings is 2. The Kier molecular flexibility index (Phi) is 10.4. The molecule has 6 aliphatic rings. The highest BCUT2D eigenvalue weighted by atomic mass is 32.2. The number of anilines is 1. The molecule has 2 amide bonds. The van der Waals surface area contributed by atoms with Crippen LogP contribution < -0.4 is 10.2 Å². The number of hydrogen-bond acceptors (Lipinski definition) is 9. The van der Waals surface area contributed by atoms with Crippen LogP contribution >= 0.6 is 0 Å². The molecule has 6 fully saturated rings. The molecule has 300 valence electrons. The summed E-state index contributed by atoms with van der Waals surface area (Å²) in [6.07, 6.45) is 6.64. The van der Waals surface area contributed by atoms with Gasteiger partial charge in [0.1, 0.15) is 11.4 Å². The SMILES string of the molecule is COC(=O)N[C@H]1CCC[C@@H]1C(c1cccc(F)c1)(C1CCN(CC2(F)CN(c3ccc(S(=O)(=O)C4CCN(C(=O)C5(O)CC5)CC4)cc3)C2)CC1)N1CCC1. The van der Waals surface area contributed by atoms with Gasteiger partial charge in [0.25, 0.3) is 5.91 Å². The van der Waals surface area contributed by atoms with E-state index in [9.17, 15) is 27.5 Å². The van der Waals surface area contributed by atoms with Crippen LogP contribution in [-0.2, 0) is 24.9 Å². The van der Waals surface area contributed by atoms with Gasteiger partial charge in [-0.25, -0.2) is 22.0 Å². The first-order valence-electron chi connectivity index (χ1n) is 20.2. The third-order valence-corrected chi connectivity index (χ3v) is 16.0. The minimum atomic E-state index is -3.60. The molecule has 4 heterocycles. The molecule has 11 nitrogen and oxygen atoms in total. The number of benzene rings is 2. The molecule has 2 aromatic rings. The van der Waals surface area contributed by atoms with Gasteiger partial charge in [-0.05, 0) is 119 Å². The predicted octanol–water partition coefficient (Wildman–Crippen LogP) is 4.48. The first kappa shape index (κ1) is 38.5. The third-order valence-electron chi connectivity index (χ3n) is 13.7. The van der Waals surface area contributed by atoms with Gasteiger partial charge in [-0.3, -0.25) is 14.6 Å². The number of nitrogens with zero attached hydrogens (tertiary/aromatic N) is 4. The van der Waals surface area contributed by atoms with Crippen molar-refractivity contribution in [3.05, 3.63) is 59.9 Å². The van der Waals surface area contributed by atoms with Gasteiger partial charge in [-0.15, -0.1) is 0 Å². The molecule has 0 radical (unpaired) electrons. The monoisotopic (exact) mass is 783 g/mol. The van der Waals surface area contributed by atoms with Gasteiger partial charge in [0, 0.05) is 50.4 Å². The zero-order valence-electron chi connectivity index (χ0n) is 31.8. The summed E-state index contributed by atoms with van der Waals surface area (Å²) in [7, 11) is -2.22. The molecule has 2 aliphatic carbocycles. The Morgan fingerprint density at radius 3 is 2.22 bits per heavy atom. The number of methoxy groups -OCH3 is 1. The second kappa shape index (κ2) is 14.9. The van der Waals surface area contributed by atoms with E-state index in [2.05, 4.69) is 21.2 Å². The van der Waals surface area contributed by atoms with Crippen molar-refractivity contribution in [2.75, 3.05) is 70.9 Å². The van der Waals surface area contributed by atoms with Crippen molar-refractivity contribution in [2.24, 2.45) is 11.8 Å². The van der Waals surface area contributed by atoms with E-state index in [1.807, 2.05) is 4.90 Å². The summed E-state index contributed by atoms with van der Waals surface area (Å²) in [6.45, 7) is 4.68. The van der Waals surface area contributed by atoms with E-state index in [0.29, 0.717) is 45.3 Å². The molecular weight excluding hydrogens is 729 g/mol. The second-order valence-electron chi connectivity index (χ2n) is 17.1. The summed E-state index contributed by atoms with van der Waals surface area (Å²) in [5, 5.41) is 12.7. The topological polar surface area (TPSA) is 123 Å². The summed E-state index contributed by atoms with van der Waals surface area (Å²) in [5.74, 6) is -0.264. The van der Waals surface area contributed by atoms with Crippen molar-refractivity contribution in [2.45, 2.75) is 97.2 Å². The number of rotatable bonds is 11. The van der Waals surface area contributed by atoms with Gasteiger partial charge < -0.3 is 25.0 Å². The Bertz CT molecular complexity index is 1840. The largest absolute Gasteiger partial charge is 0.453 e. The standard InChI is InChI=1S/C41H55F2N5O6S/c1-54-38(50)44-36-8-3-7-35(36)41(48-19-4-20-48,30-5-2-6-31(42)25-30)29-13-21-45(22-14-29)26-39(43)27-47(28-39)32-9-11-33(12-10-32)55(52,53)34-15-23-46(24-16-34)37(49)40(51)17-18-40/h2,5-6,9-12,25,29,34-36,51H,3-4,7-8,13-24,26-28H2,1H3,(H,44,50)/t35-,36-,41?/m0/s1. The van der Waals surface area contributed by atoms with Crippen LogP contribution in [0.25, 0.3) is 0 Å². The number of halogens is 2. The fourth-order valence-electron chi connectivity index (χ4n) is 10.6. The molecule has 2 aromatic carbocycles. The fourth-order valence-corrected chi connectivity index (χ4v) is 12.3. The predicted molar refractivity (Wildman–Crippen MR) is 204 cm³/mol. The highest BCUT2D eigenvalue weighted by Gasteiger charge is 2.57. The molecule has 8 rings (SSSR count). The molecule has 14 heteroatoms.